The van der Waals surface area contributed by atoms with Crippen LogP contribution in [-0.4, -0.2) is 67.6 Å². The van der Waals surface area contributed by atoms with Crippen molar-refractivity contribution >= 4 is 15.7 Å². The fourth-order valence-electron chi connectivity index (χ4n) is 5.23. The lowest BCUT2D eigenvalue weighted by molar-refractivity contribution is 0.190. The van der Waals surface area contributed by atoms with Gasteiger partial charge in [-0.3, -0.25) is 0 Å². The van der Waals surface area contributed by atoms with Crippen molar-refractivity contribution in [1.82, 2.24) is 14.1 Å². The molecule has 0 saturated carbocycles. The van der Waals surface area contributed by atoms with Crippen molar-refractivity contribution in [3.8, 4) is 5.75 Å². The van der Waals surface area contributed by atoms with E-state index in [0.29, 0.717) is 18.6 Å². The maximum absolute atomic E-state index is 11.7. The molecule has 0 radical (unpaired) electrons. The van der Waals surface area contributed by atoms with E-state index in [-0.39, 0.29) is 5.41 Å². The summed E-state index contributed by atoms with van der Waals surface area (Å²) in [6.45, 7) is 11.5. The Bertz CT molecular complexity index is 1000. The fourth-order valence-corrected chi connectivity index (χ4v) is 5.78. The highest BCUT2D eigenvalue weighted by Crippen LogP contribution is 2.43. The molecule has 7 nitrogen and oxygen atoms in total. The van der Waals surface area contributed by atoms with Crippen LogP contribution in [0.4, 0.5) is 5.69 Å². The van der Waals surface area contributed by atoms with Gasteiger partial charge in [0, 0.05) is 44.1 Å². The predicted molar refractivity (Wildman–Crippen MR) is 123 cm³/mol. The van der Waals surface area contributed by atoms with E-state index >= 15 is 0 Å². The summed E-state index contributed by atoms with van der Waals surface area (Å²) in [5.41, 5.74) is 2.46. The number of hydrogen-bond donors (Lipinski definition) is 0. The Balaban J connectivity index is 1.47. The Kier molecular flexibility index (Phi) is 6.05. The van der Waals surface area contributed by atoms with Gasteiger partial charge in [-0.15, -0.1) is 0 Å². The highest BCUT2D eigenvalue weighted by Gasteiger charge is 2.45. The first-order valence-corrected chi connectivity index (χ1v) is 13.0. The van der Waals surface area contributed by atoms with Crippen molar-refractivity contribution in [2.45, 2.75) is 39.7 Å². The largest absolute Gasteiger partial charge is 0.494 e. The zero-order valence-corrected chi connectivity index (χ0v) is 19.8. The molecule has 3 aliphatic rings. The van der Waals surface area contributed by atoms with Gasteiger partial charge < -0.3 is 14.5 Å². The van der Waals surface area contributed by atoms with E-state index in [0.717, 1.165) is 48.0 Å². The SMILES string of the molecule is CCOc1ccc(N2C[C@H]3CN(CCc4cnn(S(C)(=O)=O)c4)C[C@@H]2C(C)(C)C3)cc1. The highest BCUT2D eigenvalue weighted by atomic mass is 32.2. The Morgan fingerprint density at radius 3 is 2.55 bits per heavy atom. The molecule has 0 N–H and O–H groups in total. The summed E-state index contributed by atoms with van der Waals surface area (Å²) in [4.78, 5) is 5.14. The summed E-state index contributed by atoms with van der Waals surface area (Å²) in [6, 6.07) is 8.95. The smallest absolute Gasteiger partial charge is 0.250 e. The molecule has 3 aliphatic heterocycles. The van der Waals surface area contributed by atoms with Gasteiger partial charge in [-0.25, -0.2) is 8.42 Å². The van der Waals surface area contributed by atoms with E-state index in [9.17, 15) is 8.42 Å². The number of aromatic nitrogens is 2. The maximum Gasteiger partial charge on any atom is 0.250 e. The van der Waals surface area contributed by atoms with Crippen molar-refractivity contribution in [1.29, 1.82) is 0 Å². The number of fused-ring (bicyclic) bond motifs is 4. The Hall–Kier alpha value is -2.06. The number of rotatable bonds is 7. The second kappa shape index (κ2) is 8.47. The van der Waals surface area contributed by atoms with Crippen molar-refractivity contribution in [2.24, 2.45) is 11.3 Å². The molecule has 4 heterocycles. The molecule has 3 fully saturated rings. The lowest BCUT2D eigenvalue weighted by Crippen LogP contribution is -2.53. The Morgan fingerprint density at radius 1 is 1.16 bits per heavy atom. The second-order valence-electron chi connectivity index (χ2n) is 9.65. The lowest BCUT2D eigenvalue weighted by Gasteiger charge is -2.48. The topological polar surface area (TPSA) is 67.7 Å². The monoisotopic (exact) mass is 446 g/mol. The first-order valence-electron chi connectivity index (χ1n) is 11.1. The van der Waals surface area contributed by atoms with Crippen LogP contribution in [0.25, 0.3) is 0 Å². The molecule has 170 valence electrons. The molecule has 0 spiro atoms. The quantitative estimate of drug-likeness (QED) is 0.652. The molecule has 31 heavy (non-hydrogen) atoms. The van der Waals surface area contributed by atoms with Crippen LogP contribution in [0.5, 0.6) is 5.75 Å². The van der Waals surface area contributed by atoms with E-state index < -0.39 is 10.0 Å². The van der Waals surface area contributed by atoms with Crippen LogP contribution in [0.15, 0.2) is 36.7 Å². The van der Waals surface area contributed by atoms with Gasteiger partial charge in [-0.1, -0.05) is 13.8 Å². The van der Waals surface area contributed by atoms with E-state index in [1.165, 1.54) is 18.4 Å². The summed E-state index contributed by atoms with van der Waals surface area (Å²) in [7, 11) is -3.32. The summed E-state index contributed by atoms with van der Waals surface area (Å²) >= 11 is 0. The van der Waals surface area contributed by atoms with Gasteiger partial charge in [-0.05, 0) is 60.9 Å². The second-order valence-corrected chi connectivity index (χ2v) is 11.5. The van der Waals surface area contributed by atoms with Crippen LogP contribution in [0, 0.1) is 11.3 Å². The van der Waals surface area contributed by atoms with Crippen LogP contribution in [0.2, 0.25) is 0 Å². The molecule has 5 rings (SSSR count). The van der Waals surface area contributed by atoms with Gasteiger partial charge in [0.25, 0.3) is 10.0 Å². The molecule has 0 unspecified atom stereocenters. The molecule has 8 heteroatoms. The third kappa shape index (κ3) is 4.90. The van der Waals surface area contributed by atoms with Crippen molar-refractivity contribution in [3.63, 3.8) is 0 Å². The summed E-state index contributed by atoms with van der Waals surface area (Å²) in [6.07, 6.45) is 6.52. The van der Waals surface area contributed by atoms with Gasteiger partial charge in [0.1, 0.15) is 5.75 Å². The molecule has 2 bridgehead atoms. The minimum absolute atomic E-state index is 0.234. The third-order valence-corrected chi connectivity index (χ3v) is 7.52. The van der Waals surface area contributed by atoms with E-state index in [1.54, 1.807) is 12.4 Å². The Labute approximate surface area is 186 Å². The first kappa shape index (κ1) is 22.1. The minimum Gasteiger partial charge on any atom is -0.494 e. The van der Waals surface area contributed by atoms with E-state index in [4.69, 9.17) is 4.74 Å². The van der Waals surface area contributed by atoms with Crippen LogP contribution in [0.1, 0.15) is 32.8 Å². The molecule has 2 atom stereocenters. The molecular formula is C23H34N4O3S. The van der Waals surface area contributed by atoms with Crippen LogP contribution >= 0.6 is 0 Å². The van der Waals surface area contributed by atoms with Gasteiger partial charge in [0.2, 0.25) is 0 Å². The molecule has 0 amide bonds. The third-order valence-electron chi connectivity index (χ3n) is 6.64. The van der Waals surface area contributed by atoms with Gasteiger partial charge in [0.05, 0.1) is 19.1 Å². The zero-order valence-electron chi connectivity index (χ0n) is 19.0. The Morgan fingerprint density at radius 2 is 1.90 bits per heavy atom. The minimum atomic E-state index is -3.32. The number of hydrogen-bond acceptors (Lipinski definition) is 6. The predicted octanol–water partition coefficient (Wildman–Crippen LogP) is 2.87. The number of benzene rings is 1. The molecule has 2 aromatic rings. The average Bonchev–Trinajstić information content (AvgIpc) is 3.06. The number of ether oxygens (including phenoxy) is 1. The normalized spacial score (nSPS) is 23.7. The van der Waals surface area contributed by atoms with E-state index in [2.05, 4.69) is 53.0 Å². The molecule has 0 aliphatic carbocycles. The van der Waals surface area contributed by atoms with Gasteiger partial charge >= 0.3 is 0 Å². The highest BCUT2D eigenvalue weighted by molar-refractivity contribution is 7.89. The zero-order chi connectivity index (χ0) is 22.2. The van der Waals surface area contributed by atoms with Crippen LogP contribution < -0.4 is 9.64 Å². The summed E-state index contributed by atoms with van der Waals surface area (Å²) in [5.74, 6) is 1.53. The first-order chi connectivity index (χ1) is 14.7. The summed E-state index contributed by atoms with van der Waals surface area (Å²) in [5, 5.41) is 4.00. The van der Waals surface area contributed by atoms with Crippen molar-refractivity contribution < 1.29 is 13.2 Å². The number of piperidine rings is 1. The van der Waals surface area contributed by atoms with Gasteiger partial charge in [-0.2, -0.15) is 9.19 Å². The van der Waals surface area contributed by atoms with Gasteiger partial charge in [0.15, 0.2) is 0 Å². The van der Waals surface area contributed by atoms with Crippen LogP contribution in [-0.2, 0) is 16.4 Å². The van der Waals surface area contributed by atoms with E-state index in [1.807, 2.05) is 6.92 Å². The molecule has 3 saturated heterocycles. The van der Waals surface area contributed by atoms with Crippen LogP contribution in [0.3, 0.4) is 0 Å². The standard InChI is InChI=1S/C23H34N4O3S/c1-5-30-21-8-6-20(7-9-21)26-15-19-12-23(2,3)22(26)17-25(14-19)11-10-18-13-24-27(16-18)31(4,28)29/h6-9,13,16,19,22H,5,10-12,14-15,17H2,1-4H3/t19-,22-/m1/s1. The van der Waals surface area contributed by atoms with Crippen molar-refractivity contribution in [3.05, 3.63) is 42.2 Å². The average molecular weight is 447 g/mol. The molecule has 1 aromatic heterocycles. The molecular weight excluding hydrogens is 412 g/mol. The number of nitrogens with zero attached hydrogens (tertiary/aromatic N) is 4. The summed E-state index contributed by atoms with van der Waals surface area (Å²) < 4.78 is 30.0. The lowest BCUT2D eigenvalue weighted by atomic mass is 9.73. The maximum atomic E-state index is 11.7. The van der Waals surface area contributed by atoms with Crippen molar-refractivity contribution in [2.75, 3.05) is 43.9 Å². The number of anilines is 1. The molecule has 1 aromatic carbocycles. The fraction of sp³-hybridized carbons (Fsp3) is 0.609.